The van der Waals surface area contributed by atoms with Crippen molar-refractivity contribution in [3.8, 4) is 0 Å². The van der Waals surface area contributed by atoms with Crippen molar-refractivity contribution in [1.82, 2.24) is 5.32 Å². The summed E-state index contributed by atoms with van der Waals surface area (Å²) in [4.78, 5) is 13.1. The molecule has 0 saturated carbocycles. The summed E-state index contributed by atoms with van der Waals surface area (Å²) >= 11 is 0. The first-order chi connectivity index (χ1) is 39.8. The Morgan fingerprint density at radius 1 is 0.420 bits per heavy atom. The van der Waals surface area contributed by atoms with E-state index in [0.717, 1.165) is 51.4 Å². The number of nitrogens with one attached hydrogen (secondary N) is 1. The molecule has 1 aliphatic heterocycles. The number of hydrogen-bond donors (Lipinski definition) is 6. The zero-order valence-electron chi connectivity index (χ0n) is 53.6. The number of hydrogen-bond acceptors (Lipinski definition) is 8. The maximum absolute atomic E-state index is 13.1. The zero-order chi connectivity index (χ0) is 58.6. The molecule has 0 bridgehead atoms. The average molecular weight is 1140 g/mol. The van der Waals surface area contributed by atoms with E-state index in [0.29, 0.717) is 12.8 Å². The number of ether oxygens (including phenoxy) is 2. The maximum Gasteiger partial charge on any atom is 0.220 e. The van der Waals surface area contributed by atoms with Gasteiger partial charge in [-0.05, 0) is 51.4 Å². The number of amides is 1. The summed E-state index contributed by atoms with van der Waals surface area (Å²) in [7, 11) is 0. The normalized spacial score (nSPS) is 18.5. The monoisotopic (exact) mass is 1140 g/mol. The second-order valence-corrected chi connectivity index (χ2v) is 25.0. The molecule has 0 radical (unpaired) electrons. The Bertz CT molecular complexity index is 1370. The first-order valence-corrected chi connectivity index (χ1v) is 35.7. The van der Waals surface area contributed by atoms with Crippen LogP contribution in [0.15, 0.2) is 36.5 Å². The molecule has 1 fully saturated rings. The summed E-state index contributed by atoms with van der Waals surface area (Å²) in [6.07, 6.45) is 75.1. The summed E-state index contributed by atoms with van der Waals surface area (Å²) in [5, 5.41) is 54.9. The molecule has 0 aliphatic carbocycles. The van der Waals surface area contributed by atoms with Gasteiger partial charge in [-0.1, -0.05) is 339 Å². The molecule has 1 rings (SSSR count). The minimum atomic E-state index is -1.55. The second-order valence-electron chi connectivity index (χ2n) is 25.0. The van der Waals surface area contributed by atoms with Crippen LogP contribution in [-0.2, 0) is 14.3 Å². The molecule has 1 heterocycles. The van der Waals surface area contributed by atoms with Gasteiger partial charge in [0.05, 0.1) is 25.4 Å². The molecule has 6 N–H and O–H groups in total. The third-order valence-electron chi connectivity index (χ3n) is 17.2. The van der Waals surface area contributed by atoms with Crippen LogP contribution in [0.3, 0.4) is 0 Å². The smallest absolute Gasteiger partial charge is 0.220 e. The minimum absolute atomic E-state index is 0.133. The number of aliphatic hydroxyl groups excluding tert-OH is 5. The zero-order valence-corrected chi connectivity index (χ0v) is 53.6. The number of allylic oxidation sites excluding steroid dienone is 6. The van der Waals surface area contributed by atoms with Gasteiger partial charge in [0.2, 0.25) is 5.91 Å². The third kappa shape index (κ3) is 50.3. The molecule has 0 aromatic carbocycles. The Kier molecular flexibility index (Phi) is 58.8. The van der Waals surface area contributed by atoms with Gasteiger partial charge >= 0.3 is 0 Å². The largest absolute Gasteiger partial charge is 0.394 e. The molecular formula is C72H137NO8. The van der Waals surface area contributed by atoms with Gasteiger partial charge in [-0.25, -0.2) is 0 Å². The molecule has 0 aromatic rings. The van der Waals surface area contributed by atoms with Crippen molar-refractivity contribution in [2.24, 2.45) is 0 Å². The lowest BCUT2D eigenvalue weighted by atomic mass is 9.99. The molecule has 9 heteroatoms. The Hall–Kier alpha value is -1.59. The highest BCUT2D eigenvalue weighted by atomic mass is 16.7. The number of carbonyl (C=O) groups is 1. The van der Waals surface area contributed by atoms with Crippen LogP contribution in [0.4, 0.5) is 0 Å². The lowest BCUT2D eigenvalue weighted by Gasteiger charge is -2.40. The summed E-state index contributed by atoms with van der Waals surface area (Å²) in [5.41, 5.74) is 0. The van der Waals surface area contributed by atoms with Crippen LogP contribution in [-0.4, -0.2) is 87.5 Å². The summed E-state index contributed by atoms with van der Waals surface area (Å²) < 4.78 is 11.4. The lowest BCUT2D eigenvalue weighted by molar-refractivity contribution is -0.302. The topological polar surface area (TPSA) is 149 Å². The molecule has 478 valence electrons. The predicted molar refractivity (Wildman–Crippen MR) is 346 cm³/mol. The van der Waals surface area contributed by atoms with E-state index in [2.05, 4.69) is 55.6 Å². The predicted octanol–water partition coefficient (Wildman–Crippen LogP) is 19.4. The molecule has 1 amide bonds. The van der Waals surface area contributed by atoms with Crippen LogP contribution in [0.25, 0.3) is 0 Å². The van der Waals surface area contributed by atoms with Crippen molar-refractivity contribution in [3.63, 3.8) is 0 Å². The van der Waals surface area contributed by atoms with E-state index in [9.17, 15) is 30.3 Å². The van der Waals surface area contributed by atoms with Gasteiger partial charge in [0, 0.05) is 6.42 Å². The summed E-state index contributed by atoms with van der Waals surface area (Å²) in [6.45, 7) is 3.87. The summed E-state index contributed by atoms with van der Waals surface area (Å²) in [6, 6.07) is -0.717. The molecule has 7 atom stereocenters. The van der Waals surface area contributed by atoms with Gasteiger partial charge in [-0.2, -0.15) is 0 Å². The molecule has 1 aliphatic rings. The Morgan fingerprint density at radius 3 is 1.07 bits per heavy atom. The highest BCUT2D eigenvalue weighted by Crippen LogP contribution is 2.24. The van der Waals surface area contributed by atoms with E-state index >= 15 is 0 Å². The fraction of sp³-hybridized carbons (Fsp3) is 0.903. The number of unbranched alkanes of at least 4 members (excludes halogenated alkanes) is 47. The average Bonchev–Trinajstić information content (AvgIpc) is 3.48. The van der Waals surface area contributed by atoms with Gasteiger partial charge < -0.3 is 40.3 Å². The Labute approximate surface area is 501 Å². The van der Waals surface area contributed by atoms with Gasteiger partial charge in [0.1, 0.15) is 24.4 Å². The van der Waals surface area contributed by atoms with Gasteiger partial charge in [0.25, 0.3) is 0 Å². The van der Waals surface area contributed by atoms with Crippen LogP contribution >= 0.6 is 0 Å². The van der Waals surface area contributed by atoms with Crippen molar-refractivity contribution in [1.29, 1.82) is 0 Å². The number of carbonyl (C=O) groups excluding carboxylic acids is 1. The number of rotatable bonds is 63. The van der Waals surface area contributed by atoms with Crippen molar-refractivity contribution in [2.75, 3.05) is 13.2 Å². The minimum Gasteiger partial charge on any atom is -0.394 e. The van der Waals surface area contributed by atoms with Crippen molar-refractivity contribution in [3.05, 3.63) is 36.5 Å². The van der Waals surface area contributed by atoms with Gasteiger partial charge in [-0.15, -0.1) is 0 Å². The molecular weight excluding hydrogens is 1010 g/mol. The third-order valence-corrected chi connectivity index (χ3v) is 17.2. The van der Waals surface area contributed by atoms with Crippen LogP contribution in [0.1, 0.15) is 361 Å². The van der Waals surface area contributed by atoms with E-state index in [-0.39, 0.29) is 12.5 Å². The standard InChI is InChI=1S/C72H137NO8/c1-3-5-7-9-11-13-15-17-19-21-23-24-25-26-27-28-29-30-31-32-33-34-35-36-37-38-39-40-41-42-44-46-48-50-52-54-56-58-60-62-68(76)73-65(64-80-72-71(79)70(78)69(77)67(63-74)81-72)66(75)61-59-57-55-53-51-49-47-45-43-22-20-18-16-14-12-10-8-6-4-2/h15,17,21,23,25-26,65-67,69-72,74-75,77-79H,3-14,16,18-20,22,24,27-64H2,1-2H3,(H,73,76)/b17-15-,23-21-,26-25-. The molecule has 0 spiro atoms. The summed E-state index contributed by atoms with van der Waals surface area (Å²) in [5.74, 6) is -0.136. The van der Waals surface area contributed by atoms with E-state index in [1.807, 2.05) is 0 Å². The highest BCUT2D eigenvalue weighted by molar-refractivity contribution is 5.76. The fourth-order valence-electron chi connectivity index (χ4n) is 11.6. The van der Waals surface area contributed by atoms with Crippen LogP contribution in [0, 0.1) is 0 Å². The Balaban J connectivity index is 2.04. The van der Waals surface area contributed by atoms with E-state index in [1.54, 1.807) is 0 Å². The molecule has 7 unspecified atom stereocenters. The van der Waals surface area contributed by atoms with Crippen LogP contribution in [0.2, 0.25) is 0 Å². The van der Waals surface area contributed by atoms with E-state index in [1.165, 1.54) is 283 Å². The van der Waals surface area contributed by atoms with Crippen molar-refractivity contribution >= 4 is 5.91 Å². The van der Waals surface area contributed by atoms with E-state index in [4.69, 9.17) is 9.47 Å². The molecule has 0 aromatic heterocycles. The molecule has 1 saturated heterocycles. The quantitative estimate of drug-likeness (QED) is 0.0261. The molecule has 81 heavy (non-hydrogen) atoms. The molecule has 9 nitrogen and oxygen atoms in total. The van der Waals surface area contributed by atoms with Crippen molar-refractivity contribution in [2.45, 2.75) is 403 Å². The lowest BCUT2D eigenvalue weighted by Crippen LogP contribution is -2.60. The SMILES string of the molecule is CCCCCCC/C=C\C/C=C\C/C=C\CCCCCCCCCCCCCCCCCCCCCCCCCCC(=O)NC(COC1OC(CO)C(O)C(O)C1O)C(O)CCCCCCCCCCCCCCCCCCCCC. The fourth-order valence-corrected chi connectivity index (χ4v) is 11.6. The first-order valence-electron chi connectivity index (χ1n) is 35.7. The van der Waals surface area contributed by atoms with Gasteiger partial charge in [0.15, 0.2) is 6.29 Å². The van der Waals surface area contributed by atoms with Gasteiger partial charge in [-0.3, -0.25) is 4.79 Å². The first kappa shape index (κ1) is 77.4. The number of aliphatic hydroxyl groups is 5. The van der Waals surface area contributed by atoms with Crippen LogP contribution in [0.5, 0.6) is 0 Å². The maximum atomic E-state index is 13.1. The van der Waals surface area contributed by atoms with E-state index < -0.39 is 49.5 Å². The Morgan fingerprint density at radius 2 is 0.728 bits per heavy atom. The highest BCUT2D eigenvalue weighted by Gasteiger charge is 2.44. The second kappa shape index (κ2) is 61.5. The van der Waals surface area contributed by atoms with Crippen molar-refractivity contribution < 1.29 is 39.8 Å². The van der Waals surface area contributed by atoms with Crippen LogP contribution < -0.4 is 5.32 Å².